The van der Waals surface area contributed by atoms with Crippen molar-refractivity contribution in [3.63, 3.8) is 0 Å². The van der Waals surface area contributed by atoms with Gasteiger partial charge in [-0.25, -0.2) is 13.1 Å². The lowest BCUT2D eigenvalue weighted by Gasteiger charge is -2.56. The monoisotopic (exact) mass is 697 g/mol. The summed E-state index contributed by atoms with van der Waals surface area (Å²) in [5, 5.41) is 0.711. The summed E-state index contributed by atoms with van der Waals surface area (Å²) in [6.07, 6.45) is 10.0. The first-order chi connectivity index (χ1) is 23.1. The van der Waals surface area contributed by atoms with Gasteiger partial charge in [0.1, 0.15) is 18.0 Å². The number of carbonyl (C=O) groups is 1. The molecule has 2 saturated heterocycles. The van der Waals surface area contributed by atoms with E-state index in [4.69, 9.17) is 25.8 Å². The standard InChI is InChI=1S/C37H48ClN3O6S/c1-25-6-5-14-37(24-41-16-17-45-22-31(41)23-47-37)33-12-9-28(33)20-40-15-4-3-7-27-18-30(38)10-8-29(27)21-46-35-13-11-32(19-34(35)40)48(43,44)39-36(42)26(25)2/h5,8,10-11,13-14,18-19,25-26,28,31,33H,3-4,6-7,9,12,15-17,20-24H2,1-2H3,(H,39,42)/b14-5+/t25-,26+,28-,31?,33+,37+/m0/s1. The number of carbonyl (C=O) groups excluding carboxylic acids is 1. The van der Waals surface area contributed by atoms with Gasteiger partial charge in [0.15, 0.2) is 0 Å². The van der Waals surface area contributed by atoms with Crippen molar-refractivity contribution in [2.24, 2.45) is 23.7 Å². The molecular formula is C37H48ClN3O6S. The first-order valence-electron chi connectivity index (χ1n) is 17.6. The van der Waals surface area contributed by atoms with Gasteiger partial charge in [0, 0.05) is 37.1 Å². The molecule has 11 heteroatoms. The molecule has 0 radical (unpaired) electrons. The van der Waals surface area contributed by atoms with Gasteiger partial charge in [0.2, 0.25) is 5.91 Å². The normalized spacial score (nSPS) is 33.4. The molecule has 0 aromatic heterocycles. The number of nitrogens with one attached hydrogen (secondary N) is 1. The lowest BCUT2D eigenvalue weighted by molar-refractivity contribution is -0.186. The van der Waals surface area contributed by atoms with Gasteiger partial charge in [-0.2, -0.15) is 0 Å². The molecule has 1 N–H and O–H groups in total. The lowest BCUT2D eigenvalue weighted by Crippen LogP contribution is -2.65. The third-order valence-electron chi connectivity index (χ3n) is 11.5. The molecule has 260 valence electrons. The van der Waals surface area contributed by atoms with E-state index in [1.807, 2.05) is 25.1 Å². The zero-order chi connectivity index (χ0) is 33.5. The maximum Gasteiger partial charge on any atom is 0.264 e. The minimum atomic E-state index is -4.11. The fourth-order valence-corrected chi connectivity index (χ4v) is 9.42. The number of hydrogen-bond acceptors (Lipinski definition) is 8. The molecule has 1 unspecified atom stereocenters. The molecule has 4 heterocycles. The van der Waals surface area contributed by atoms with Crippen molar-refractivity contribution in [2.75, 3.05) is 50.9 Å². The summed E-state index contributed by atoms with van der Waals surface area (Å²) >= 11 is 6.38. The highest BCUT2D eigenvalue weighted by Crippen LogP contribution is 2.48. The van der Waals surface area contributed by atoms with E-state index in [1.165, 1.54) is 5.56 Å². The predicted molar refractivity (Wildman–Crippen MR) is 186 cm³/mol. The van der Waals surface area contributed by atoms with Crippen LogP contribution in [0.4, 0.5) is 5.69 Å². The number of hydrogen-bond donors (Lipinski definition) is 1. The largest absolute Gasteiger partial charge is 0.487 e. The molecule has 6 atom stereocenters. The average molecular weight is 698 g/mol. The second-order valence-corrected chi connectivity index (χ2v) is 16.6. The van der Waals surface area contributed by atoms with Gasteiger partial charge in [0.05, 0.1) is 36.4 Å². The van der Waals surface area contributed by atoms with E-state index in [1.54, 1.807) is 25.1 Å². The highest BCUT2D eigenvalue weighted by Gasteiger charge is 2.51. The number of rotatable bonds is 0. The Hall–Kier alpha value is -2.63. The van der Waals surface area contributed by atoms with Gasteiger partial charge in [-0.05, 0) is 97.7 Å². The molecule has 48 heavy (non-hydrogen) atoms. The van der Waals surface area contributed by atoms with Gasteiger partial charge >= 0.3 is 0 Å². The third kappa shape index (κ3) is 6.88. The van der Waals surface area contributed by atoms with Crippen molar-refractivity contribution in [2.45, 2.75) is 75.5 Å². The summed E-state index contributed by atoms with van der Waals surface area (Å²) in [5.41, 5.74) is 2.56. The van der Waals surface area contributed by atoms with Crippen LogP contribution in [0.2, 0.25) is 5.02 Å². The first-order valence-corrected chi connectivity index (χ1v) is 19.5. The topological polar surface area (TPSA) is 97.4 Å². The quantitative estimate of drug-likeness (QED) is 0.356. The Bertz CT molecular complexity index is 1650. The molecule has 1 spiro atoms. The van der Waals surface area contributed by atoms with E-state index in [9.17, 15) is 13.2 Å². The van der Waals surface area contributed by atoms with Crippen LogP contribution in [0.25, 0.3) is 0 Å². The van der Waals surface area contributed by atoms with E-state index in [0.717, 1.165) is 76.1 Å². The summed E-state index contributed by atoms with van der Waals surface area (Å²) in [6.45, 7) is 9.45. The number of ether oxygens (including phenoxy) is 3. The van der Waals surface area contributed by atoms with E-state index in [2.05, 4.69) is 26.7 Å². The Kier molecular flexibility index (Phi) is 9.83. The molecule has 2 aromatic rings. The zero-order valence-electron chi connectivity index (χ0n) is 28.0. The summed E-state index contributed by atoms with van der Waals surface area (Å²) in [7, 11) is -4.11. The minimum Gasteiger partial charge on any atom is -0.487 e. The number of aryl methyl sites for hydroxylation is 1. The number of nitrogens with zero attached hydrogens (tertiary/aromatic N) is 2. The molecule has 2 aromatic carbocycles. The number of halogens is 1. The van der Waals surface area contributed by atoms with Gasteiger partial charge in [0.25, 0.3) is 10.0 Å². The number of morpholine rings is 2. The van der Waals surface area contributed by atoms with E-state index >= 15 is 0 Å². The second-order valence-electron chi connectivity index (χ2n) is 14.5. The Morgan fingerprint density at radius 2 is 1.90 bits per heavy atom. The molecule has 7 rings (SSSR count). The number of fused-ring (bicyclic) bond motifs is 5. The summed E-state index contributed by atoms with van der Waals surface area (Å²) in [6, 6.07) is 11.2. The van der Waals surface area contributed by atoms with Crippen LogP contribution in [-0.4, -0.2) is 76.9 Å². The van der Waals surface area contributed by atoms with Crippen molar-refractivity contribution in [1.29, 1.82) is 0 Å². The molecule has 4 aliphatic heterocycles. The number of allylic oxidation sites excluding steroid dienone is 1. The average Bonchev–Trinajstić information content (AvgIpc) is 3.08. The van der Waals surface area contributed by atoms with E-state index < -0.39 is 27.4 Å². The van der Waals surface area contributed by atoms with Crippen LogP contribution in [0, 0.1) is 23.7 Å². The van der Waals surface area contributed by atoms with Gasteiger partial charge in [-0.15, -0.1) is 0 Å². The van der Waals surface area contributed by atoms with Gasteiger partial charge < -0.3 is 19.1 Å². The van der Waals surface area contributed by atoms with Crippen LogP contribution in [-0.2, 0) is 37.3 Å². The van der Waals surface area contributed by atoms with Crippen molar-refractivity contribution < 1.29 is 27.4 Å². The zero-order valence-corrected chi connectivity index (χ0v) is 29.6. The number of amides is 1. The van der Waals surface area contributed by atoms with E-state index in [0.29, 0.717) is 48.8 Å². The number of anilines is 1. The highest BCUT2D eigenvalue weighted by atomic mass is 35.5. The van der Waals surface area contributed by atoms with E-state index in [-0.39, 0.29) is 16.9 Å². The Morgan fingerprint density at radius 3 is 2.73 bits per heavy atom. The summed E-state index contributed by atoms with van der Waals surface area (Å²) in [5.74, 6) is 0.220. The molecule has 1 aliphatic carbocycles. The van der Waals surface area contributed by atoms with Crippen LogP contribution >= 0.6 is 11.6 Å². The Labute approximate surface area is 290 Å². The maximum absolute atomic E-state index is 13.7. The summed E-state index contributed by atoms with van der Waals surface area (Å²) < 4.78 is 48.9. The molecular weight excluding hydrogens is 650 g/mol. The molecule has 2 bridgehead atoms. The Balaban J connectivity index is 1.28. The molecule has 1 saturated carbocycles. The Morgan fingerprint density at radius 1 is 1.02 bits per heavy atom. The SMILES string of the molecule is C[C@H]1C/C=C/[C@@]2(CN3CCOCC3CO2)[C@@H]2CC[C@H]2CN2CCCCc3cc(Cl)ccc3COc3ccc(cc32)S(=O)(=O)NC(=O)[C@@H]1C. The van der Waals surface area contributed by atoms with Crippen LogP contribution in [0.3, 0.4) is 0 Å². The molecule has 1 amide bonds. The summed E-state index contributed by atoms with van der Waals surface area (Å²) in [4.78, 5) is 18.3. The smallest absolute Gasteiger partial charge is 0.264 e. The lowest BCUT2D eigenvalue weighted by atomic mass is 9.63. The van der Waals surface area contributed by atoms with Crippen LogP contribution in [0.5, 0.6) is 5.75 Å². The van der Waals surface area contributed by atoms with Crippen LogP contribution in [0.15, 0.2) is 53.4 Å². The number of benzene rings is 2. The third-order valence-corrected chi connectivity index (χ3v) is 13.1. The fraction of sp³-hybridized carbons (Fsp3) is 0.595. The fourth-order valence-electron chi connectivity index (χ4n) is 8.14. The minimum absolute atomic E-state index is 0.0626. The first kappa shape index (κ1) is 33.8. The molecule has 3 fully saturated rings. The maximum atomic E-state index is 13.7. The molecule has 9 nitrogen and oxygen atoms in total. The second kappa shape index (κ2) is 13.9. The van der Waals surface area contributed by atoms with Gasteiger partial charge in [-0.1, -0.05) is 43.7 Å². The van der Waals surface area contributed by atoms with Crippen molar-refractivity contribution >= 4 is 33.2 Å². The van der Waals surface area contributed by atoms with Crippen molar-refractivity contribution in [3.8, 4) is 5.75 Å². The highest BCUT2D eigenvalue weighted by molar-refractivity contribution is 7.90. The van der Waals surface area contributed by atoms with Crippen LogP contribution < -0.4 is 14.4 Å². The molecule has 5 aliphatic rings. The van der Waals surface area contributed by atoms with Crippen LogP contribution in [0.1, 0.15) is 57.1 Å². The number of sulfonamides is 1. The van der Waals surface area contributed by atoms with Gasteiger partial charge in [-0.3, -0.25) is 9.69 Å². The predicted octanol–water partition coefficient (Wildman–Crippen LogP) is 5.59. The van der Waals surface area contributed by atoms with Crippen molar-refractivity contribution in [1.82, 2.24) is 9.62 Å². The van der Waals surface area contributed by atoms with Crippen molar-refractivity contribution in [3.05, 3.63) is 64.7 Å².